The zero-order valence-corrected chi connectivity index (χ0v) is 21.4. The second-order valence-electron chi connectivity index (χ2n) is 8.84. The molecule has 32 heavy (non-hydrogen) atoms. The second-order valence-corrected chi connectivity index (χ2v) is 10.6. The maximum Gasteiger partial charge on any atom is 0.270 e. The van der Waals surface area contributed by atoms with Crippen molar-refractivity contribution >= 4 is 74.1 Å². The largest absolute Gasteiger partial charge is 0.369 e. The molecule has 0 aliphatic carbocycles. The van der Waals surface area contributed by atoms with Crippen LogP contribution in [-0.2, 0) is 9.59 Å². The number of benzene rings is 2. The molecule has 2 aromatic rings. The van der Waals surface area contributed by atoms with Gasteiger partial charge in [-0.15, -0.1) is 0 Å². The van der Waals surface area contributed by atoms with Gasteiger partial charge in [0.2, 0.25) is 0 Å². The minimum Gasteiger partial charge on any atom is -0.369 e. The van der Waals surface area contributed by atoms with Crippen LogP contribution < -0.4 is 15.1 Å². The number of rotatable bonds is 2. The summed E-state index contributed by atoms with van der Waals surface area (Å²) in [5.41, 5.74) is 3.41. The van der Waals surface area contributed by atoms with Crippen LogP contribution in [0.4, 0.5) is 11.4 Å². The topological polar surface area (TPSA) is 52.7 Å². The molecule has 2 aromatic carbocycles. The van der Waals surface area contributed by atoms with E-state index in [2.05, 4.69) is 54.0 Å². The number of anilines is 2. The maximum absolute atomic E-state index is 13.3. The van der Waals surface area contributed by atoms with E-state index in [1.165, 1.54) is 4.90 Å². The monoisotopic (exact) mass is 531 g/mol. The number of amides is 2. The first kappa shape index (κ1) is 23.0. The highest BCUT2D eigenvalue weighted by molar-refractivity contribution is 9.10. The number of fused-ring (bicyclic) bond motifs is 1. The van der Waals surface area contributed by atoms with Crippen molar-refractivity contribution in [3.05, 3.63) is 62.6 Å². The molecule has 0 radical (unpaired) electrons. The number of carbonyl (C=O) groups excluding carboxylic acids is 2. The van der Waals surface area contributed by atoms with Gasteiger partial charge in [0.15, 0.2) is 5.11 Å². The third kappa shape index (κ3) is 3.98. The molecule has 2 heterocycles. The van der Waals surface area contributed by atoms with Crippen molar-refractivity contribution in [2.75, 3.05) is 16.8 Å². The van der Waals surface area contributed by atoms with Gasteiger partial charge in [-0.05, 0) is 92.0 Å². The zero-order valence-electron chi connectivity index (χ0n) is 18.2. The first-order valence-corrected chi connectivity index (χ1v) is 11.8. The van der Waals surface area contributed by atoms with E-state index in [0.29, 0.717) is 22.2 Å². The number of nitrogens with one attached hydrogen (secondary N) is 1. The molecule has 1 unspecified atom stereocenters. The number of halogens is 2. The van der Waals surface area contributed by atoms with Crippen LogP contribution in [0.2, 0.25) is 5.02 Å². The summed E-state index contributed by atoms with van der Waals surface area (Å²) in [6.07, 6.45) is 2.54. The predicted octanol–water partition coefficient (Wildman–Crippen LogP) is 5.66. The van der Waals surface area contributed by atoms with E-state index < -0.39 is 11.8 Å². The van der Waals surface area contributed by atoms with Gasteiger partial charge in [-0.1, -0.05) is 34.5 Å². The Morgan fingerprint density at radius 2 is 1.88 bits per heavy atom. The summed E-state index contributed by atoms with van der Waals surface area (Å²) in [4.78, 5) is 29.5. The molecule has 2 aliphatic heterocycles. The van der Waals surface area contributed by atoms with Crippen LogP contribution >= 0.6 is 39.7 Å². The Bertz CT molecular complexity index is 1180. The van der Waals surface area contributed by atoms with Gasteiger partial charge < -0.3 is 4.90 Å². The van der Waals surface area contributed by atoms with E-state index >= 15 is 0 Å². The van der Waals surface area contributed by atoms with Crippen LogP contribution in [0.5, 0.6) is 0 Å². The van der Waals surface area contributed by atoms with Crippen molar-refractivity contribution in [1.29, 1.82) is 0 Å². The number of hydrogen-bond acceptors (Lipinski definition) is 4. The molecule has 2 aliphatic rings. The molecule has 1 fully saturated rings. The van der Waals surface area contributed by atoms with Crippen LogP contribution in [-0.4, -0.2) is 29.5 Å². The van der Waals surface area contributed by atoms with E-state index in [1.807, 2.05) is 24.3 Å². The average Bonchev–Trinajstić information content (AvgIpc) is 2.71. The van der Waals surface area contributed by atoms with Gasteiger partial charge in [0.05, 0.1) is 5.69 Å². The maximum atomic E-state index is 13.3. The lowest BCUT2D eigenvalue weighted by atomic mass is 9.80. The lowest BCUT2D eigenvalue weighted by Gasteiger charge is -2.45. The lowest BCUT2D eigenvalue weighted by molar-refractivity contribution is -0.122. The molecular weight excluding hydrogens is 510 g/mol. The standard InChI is InChI=1S/C24H23BrClN3O2S/c1-13-12-24(2,3)28(4)20-11-19(26)14(9-17(13)20)10-18-21(30)27-23(32)29(22(18)31)16-7-5-15(25)6-8-16/h5-11,13H,12H2,1-4H3,(H,27,30,32)/b18-10-. The Hall–Kier alpha value is -2.22. The summed E-state index contributed by atoms with van der Waals surface area (Å²) in [6, 6.07) is 11.0. The number of thiocarbonyl (C=S) groups is 1. The van der Waals surface area contributed by atoms with E-state index in [4.69, 9.17) is 23.8 Å². The van der Waals surface area contributed by atoms with Crippen LogP contribution in [0.1, 0.15) is 44.2 Å². The molecule has 2 amide bonds. The number of hydrogen-bond donors (Lipinski definition) is 1. The average molecular weight is 533 g/mol. The Kier molecular flexibility index (Phi) is 5.94. The van der Waals surface area contributed by atoms with Gasteiger partial charge in [0.25, 0.3) is 11.8 Å². The quantitative estimate of drug-likeness (QED) is 0.308. The van der Waals surface area contributed by atoms with Gasteiger partial charge in [0, 0.05) is 27.8 Å². The van der Waals surface area contributed by atoms with Crippen LogP contribution in [0.25, 0.3) is 6.08 Å². The molecule has 4 rings (SSSR count). The van der Waals surface area contributed by atoms with Crippen LogP contribution in [0, 0.1) is 0 Å². The predicted molar refractivity (Wildman–Crippen MR) is 137 cm³/mol. The molecule has 1 saturated heterocycles. The van der Waals surface area contributed by atoms with Crippen LogP contribution in [0.15, 0.2) is 46.4 Å². The molecule has 0 bridgehead atoms. The van der Waals surface area contributed by atoms with Crippen molar-refractivity contribution in [1.82, 2.24) is 5.32 Å². The fraction of sp³-hybridized carbons (Fsp3) is 0.292. The number of carbonyl (C=O) groups is 2. The van der Waals surface area contributed by atoms with Crippen molar-refractivity contribution in [2.24, 2.45) is 0 Å². The Morgan fingerprint density at radius 1 is 1.22 bits per heavy atom. The number of nitrogens with zero attached hydrogens (tertiary/aromatic N) is 2. The highest BCUT2D eigenvalue weighted by Crippen LogP contribution is 2.44. The molecular formula is C24H23BrClN3O2S. The minimum atomic E-state index is -0.534. The van der Waals surface area contributed by atoms with Crippen molar-refractivity contribution in [3.8, 4) is 0 Å². The second kappa shape index (κ2) is 8.28. The third-order valence-electron chi connectivity index (χ3n) is 6.24. The molecule has 0 spiro atoms. The Labute approximate surface area is 206 Å². The zero-order chi connectivity index (χ0) is 23.4. The van der Waals surface area contributed by atoms with Crippen molar-refractivity contribution < 1.29 is 9.59 Å². The minimum absolute atomic E-state index is 0.00974. The fourth-order valence-electron chi connectivity index (χ4n) is 4.35. The smallest absolute Gasteiger partial charge is 0.270 e. The van der Waals surface area contributed by atoms with Crippen molar-refractivity contribution in [2.45, 2.75) is 38.6 Å². The normalized spacial score (nSPS) is 21.6. The Morgan fingerprint density at radius 3 is 2.53 bits per heavy atom. The summed E-state index contributed by atoms with van der Waals surface area (Å²) < 4.78 is 0.875. The van der Waals surface area contributed by atoms with E-state index in [1.54, 1.807) is 18.2 Å². The van der Waals surface area contributed by atoms with Crippen LogP contribution in [0.3, 0.4) is 0 Å². The summed E-state index contributed by atoms with van der Waals surface area (Å²) in [5, 5.41) is 3.15. The highest BCUT2D eigenvalue weighted by Gasteiger charge is 2.36. The van der Waals surface area contributed by atoms with E-state index in [9.17, 15) is 9.59 Å². The highest BCUT2D eigenvalue weighted by atomic mass is 79.9. The first-order valence-electron chi connectivity index (χ1n) is 10.2. The summed E-state index contributed by atoms with van der Waals surface area (Å²) >= 11 is 15.3. The SMILES string of the molecule is CC1CC(C)(C)N(C)c2cc(Cl)c(/C=C3/C(=O)NC(=S)N(c4ccc(Br)cc4)C3=O)cc21. The molecule has 0 aromatic heterocycles. The lowest BCUT2D eigenvalue weighted by Crippen LogP contribution is -2.54. The molecule has 0 saturated carbocycles. The van der Waals surface area contributed by atoms with Gasteiger partial charge in [-0.3, -0.25) is 19.8 Å². The van der Waals surface area contributed by atoms with Gasteiger partial charge >= 0.3 is 0 Å². The summed E-state index contributed by atoms with van der Waals surface area (Å²) in [6.45, 7) is 6.60. The molecule has 166 valence electrons. The third-order valence-corrected chi connectivity index (χ3v) is 7.38. The van der Waals surface area contributed by atoms with Gasteiger partial charge in [0.1, 0.15) is 5.57 Å². The van der Waals surface area contributed by atoms with Crippen molar-refractivity contribution in [3.63, 3.8) is 0 Å². The molecule has 1 N–H and O–H groups in total. The Balaban J connectivity index is 1.77. The molecule has 5 nitrogen and oxygen atoms in total. The van der Waals surface area contributed by atoms with Gasteiger partial charge in [-0.25, -0.2) is 0 Å². The fourth-order valence-corrected chi connectivity index (χ4v) is 5.11. The summed E-state index contributed by atoms with van der Waals surface area (Å²) in [5.74, 6) is -0.706. The molecule has 8 heteroatoms. The first-order chi connectivity index (χ1) is 15.0. The summed E-state index contributed by atoms with van der Waals surface area (Å²) in [7, 11) is 2.06. The van der Waals surface area contributed by atoms with E-state index in [0.717, 1.165) is 22.1 Å². The van der Waals surface area contributed by atoms with Gasteiger partial charge in [-0.2, -0.15) is 0 Å². The van der Waals surface area contributed by atoms with E-state index in [-0.39, 0.29) is 16.2 Å². The molecule has 1 atom stereocenters.